The maximum absolute atomic E-state index is 12.5. The third-order valence-corrected chi connectivity index (χ3v) is 4.49. The molecule has 0 radical (unpaired) electrons. The number of rotatable bonds is 5. The number of nitrogens with one attached hydrogen (secondary N) is 1. The van der Waals surface area contributed by atoms with Gasteiger partial charge in [-0.15, -0.1) is 0 Å². The zero-order valence-electron chi connectivity index (χ0n) is 15.6. The molecule has 0 aliphatic carbocycles. The summed E-state index contributed by atoms with van der Waals surface area (Å²) in [6.07, 6.45) is 3.36. The molecule has 0 saturated carbocycles. The molecule has 1 saturated heterocycles. The fraction of sp³-hybridized carbons (Fsp3) is 0.238. The second-order valence-corrected chi connectivity index (χ2v) is 6.46. The Kier molecular flexibility index (Phi) is 6.02. The first-order chi connectivity index (χ1) is 13.6. The third-order valence-electron chi connectivity index (χ3n) is 4.49. The second kappa shape index (κ2) is 8.82. The summed E-state index contributed by atoms with van der Waals surface area (Å²) in [5.74, 6) is 0.350. The van der Waals surface area contributed by atoms with Crippen LogP contribution in [-0.4, -0.2) is 47.8 Å². The number of nitriles is 1. The van der Waals surface area contributed by atoms with Crippen LogP contribution in [0.15, 0.2) is 60.4 Å². The van der Waals surface area contributed by atoms with E-state index in [1.165, 1.54) is 6.92 Å². The van der Waals surface area contributed by atoms with E-state index in [1.54, 1.807) is 36.7 Å². The number of nitrogens with zero attached hydrogens (tertiary/aromatic N) is 4. The van der Waals surface area contributed by atoms with Gasteiger partial charge in [0.25, 0.3) is 5.91 Å². The lowest BCUT2D eigenvalue weighted by atomic mass is 10.1. The predicted octanol–water partition coefficient (Wildman–Crippen LogP) is 2.45. The zero-order chi connectivity index (χ0) is 19.9. The fourth-order valence-corrected chi connectivity index (χ4v) is 2.96. The second-order valence-electron chi connectivity index (χ2n) is 6.46. The molecule has 3 rings (SSSR count). The van der Waals surface area contributed by atoms with Crippen molar-refractivity contribution < 1.29 is 9.59 Å². The fourth-order valence-electron chi connectivity index (χ4n) is 2.96. The van der Waals surface area contributed by atoms with E-state index in [-0.39, 0.29) is 11.4 Å². The zero-order valence-corrected chi connectivity index (χ0v) is 15.6. The van der Waals surface area contributed by atoms with Crippen molar-refractivity contribution in [2.24, 2.45) is 0 Å². The van der Waals surface area contributed by atoms with E-state index in [9.17, 15) is 14.9 Å². The van der Waals surface area contributed by atoms with Gasteiger partial charge in [0.05, 0.1) is 0 Å². The number of hydrogen-bond acceptors (Lipinski definition) is 6. The lowest BCUT2D eigenvalue weighted by Crippen LogP contribution is -2.44. The molecule has 1 fully saturated rings. The molecule has 7 nitrogen and oxygen atoms in total. The van der Waals surface area contributed by atoms with Gasteiger partial charge in [-0.1, -0.05) is 18.2 Å². The summed E-state index contributed by atoms with van der Waals surface area (Å²) >= 11 is 0. The number of hydrogen-bond donors (Lipinski definition) is 1. The number of aromatic nitrogens is 1. The Hall–Kier alpha value is -3.66. The lowest BCUT2D eigenvalue weighted by Gasteiger charge is -2.34. The van der Waals surface area contributed by atoms with Crippen molar-refractivity contribution >= 4 is 23.2 Å². The number of piperazine rings is 1. The number of amides is 1. The van der Waals surface area contributed by atoms with Gasteiger partial charge in [0.1, 0.15) is 17.5 Å². The van der Waals surface area contributed by atoms with Crippen LogP contribution in [0.25, 0.3) is 0 Å². The Balaban J connectivity index is 1.62. The average molecular weight is 375 g/mol. The van der Waals surface area contributed by atoms with E-state index in [0.717, 1.165) is 18.9 Å². The first-order valence-corrected chi connectivity index (χ1v) is 9.01. The molecule has 7 heteroatoms. The number of pyridine rings is 1. The minimum atomic E-state index is -0.490. The highest BCUT2D eigenvalue weighted by Gasteiger charge is 2.18. The third kappa shape index (κ3) is 4.74. The van der Waals surface area contributed by atoms with E-state index in [1.807, 2.05) is 29.2 Å². The molecule has 28 heavy (non-hydrogen) atoms. The van der Waals surface area contributed by atoms with Crippen LogP contribution in [0.2, 0.25) is 0 Å². The van der Waals surface area contributed by atoms with Gasteiger partial charge in [0.15, 0.2) is 5.78 Å². The van der Waals surface area contributed by atoms with Crippen LogP contribution in [0.4, 0.5) is 11.5 Å². The quantitative estimate of drug-likeness (QED) is 0.491. The lowest BCUT2D eigenvalue weighted by molar-refractivity contribution is -0.112. The Labute approximate surface area is 163 Å². The van der Waals surface area contributed by atoms with Gasteiger partial charge in [-0.05, 0) is 31.2 Å². The number of benzene rings is 1. The highest BCUT2D eigenvalue weighted by Crippen LogP contribution is 2.15. The molecule has 142 valence electrons. The van der Waals surface area contributed by atoms with Crippen LogP contribution < -0.4 is 10.2 Å². The van der Waals surface area contributed by atoms with Crippen LogP contribution >= 0.6 is 0 Å². The summed E-state index contributed by atoms with van der Waals surface area (Å²) < 4.78 is 0. The van der Waals surface area contributed by atoms with Gasteiger partial charge in [0, 0.05) is 49.8 Å². The van der Waals surface area contributed by atoms with Gasteiger partial charge in [-0.3, -0.25) is 9.59 Å². The van der Waals surface area contributed by atoms with Gasteiger partial charge >= 0.3 is 0 Å². The van der Waals surface area contributed by atoms with Gasteiger partial charge in [0.2, 0.25) is 0 Å². The smallest absolute Gasteiger partial charge is 0.267 e. The van der Waals surface area contributed by atoms with Crippen molar-refractivity contribution in [2.75, 3.05) is 36.4 Å². The summed E-state index contributed by atoms with van der Waals surface area (Å²) in [7, 11) is 0. The molecule has 1 amide bonds. The number of carbonyl (C=O) groups excluding carboxylic acids is 2. The number of anilines is 2. The highest BCUT2D eigenvalue weighted by atomic mass is 16.1. The number of Topliss-reactive ketones (excluding diaryl/α,β-unsaturated/α-hetero) is 1. The normalized spacial score (nSPS) is 14.4. The molecule has 0 unspecified atom stereocenters. The molecule has 2 aromatic rings. The molecule has 0 atom stereocenters. The monoisotopic (exact) mass is 375 g/mol. The SMILES string of the molecule is CC(=O)c1cccc(NC(=O)/C(C#N)=C\N2CCN(c3ccccn3)CC2)c1. The van der Waals surface area contributed by atoms with Gasteiger partial charge < -0.3 is 15.1 Å². The molecule has 1 aliphatic rings. The minimum absolute atomic E-state index is 0.0273. The van der Waals surface area contributed by atoms with E-state index < -0.39 is 5.91 Å². The molecule has 1 aromatic heterocycles. The molecule has 1 N–H and O–H groups in total. The average Bonchev–Trinajstić information content (AvgIpc) is 2.73. The van der Waals surface area contributed by atoms with E-state index >= 15 is 0 Å². The molecule has 0 bridgehead atoms. The van der Waals surface area contributed by atoms with E-state index in [2.05, 4.69) is 15.2 Å². The van der Waals surface area contributed by atoms with Crippen LogP contribution in [0.3, 0.4) is 0 Å². The van der Waals surface area contributed by atoms with Crippen molar-refractivity contribution in [1.29, 1.82) is 5.26 Å². The summed E-state index contributed by atoms with van der Waals surface area (Å²) in [6, 6.07) is 14.4. The maximum atomic E-state index is 12.5. The Bertz CT molecular complexity index is 925. The largest absolute Gasteiger partial charge is 0.373 e. The molecule has 0 spiro atoms. The summed E-state index contributed by atoms with van der Waals surface area (Å²) in [6.45, 7) is 4.36. The van der Waals surface area contributed by atoms with Crippen LogP contribution in [0.1, 0.15) is 17.3 Å². The Morgan fingerprint density at radius 2 is 1.93 bits per heavy atom. The van der Waals surface area contributed by atoms with Gasteiger partial charge in [-0.25, -0.2) is 4.98 Å². The Morgan fingerprint density at radius 1 is 1.14 bits per heavy atom. The molecule has 2 heterocycles. The van der Waals surface area contributed by atoms with Crippen molar-refractivity contribution in [3.8, 4) is 6.07 Å². The topological polar surface area (TPSA) is 89.3 Å². The van der Waals surface area contributed by atoms with Gasteiger partial charge in [-0.2, -0.15) is 5.26 Å². The predicted molar refractivity (Wildman–Crippen MR) is 107 cm³/mol. The van der Waals surface area contributed by atoms with Crippen molar-refractivity contribution in [3.05, 3.63) is 66.0 Å². The highest BCUT2D eigenvalue weighted by molar-refractivity contribution is 6.07. The van der Waals surface area contributed by atoms with Crippen LogP contribution in [-0.2, 0) is 4.79 Å². The molecular formula is C21H21N5O2. The summed E-state index contributed by atoms with van der Waals surface area (Å²) in [5.41, 5.74) is 1.02. The number of ketones is 1. The molecule has 1 aromatic carbocycles. The molecular weight excluding hydrogens is 354 g/mol. The van der Waals surface area contributed by atoms with Crippen LogP contribution in [0, 0.1) is 11.3 Å². The first-order valence-electron chi connectivity index (χ1n) is 9.01. The number of carbonyl (C=O) groups is 2. The summed E-state index contributed by atoms with van der Waals surface area (Å²) in [4.78, 5) is 32.4. The maximum Gasteiger partial charge on any atom is 0.267 e. The van der Waals surface area contributed by atoms with Crippen molar-refractivity contribution in [3.63, 3.8) is 0 Å². The standard InChI is InChI=1S/C21H21N5O2/c1-16(27)17-5-4-6-19(13-17)24-21(28)18(14-22)15-25-9-11-26(12-10-25)20-7-2-3-8-23-20/h2-8,13,15H,9-12H2,1H3,(H,24,28)/b18-15-. The van der Waals surface area contributed by atoms with Crippen LogP contribution in [0.5, 0.6) is 0 Å². The van der Waals surface area contributed by atoms with E-state index in [4.69, 9.17) is 0 Å². The molecule has 1 aliphatic heterocycles. The Morgan fingerprint density at radius 3 is 2.57 bits per heavy atom. The minimum Gasteiger partial charge on any atom is -0.373 e. The first kappa shape index (κ1) is 19.1. The summed E-state index contributed by atoms with van der Waals surface area (Å²) in [5, 5.41) is 12.1. The van der Waals surface area contributed by atoms with E-state index in [0.29, 0.717) is 24.3 Å². The van der Waals surface area contributed by atoms with Crippen molar-refractivity contribution in [1.82, 2.24) is 9.88 Å². The van der Waals surface area contributed by atoms with Crippen molar-refractivity contribution in [2.45, 2.75) is 6.92 Å².